The van der Waals surface area contributed by atoms with Crippen LogP contribution in [0.2, 0.25) is 0 Å². The number of aliphatic hydroxyl groups is 2. The van der Waals surface area contributed by atoms with Crippen LogP contribution in [0, 0.1) is 0 Å². The van der Waals surface area contributed by atoms with Crippen molar-refractivity contribution in [2.75, 3.05) is 6.61 Å². The quantitative estimate of drug-likeness (QED) is 0.0420. The standard InChI is InChI=1S/C66H121NO3/c1-3-5-7-9-11-13-15-17-19-21-23-25-26-27-28-29-30-31-32-33-34-35-36-37-38-39-40-42-44-46-48-50-52-54-56-58-60-62-66(70)67-64(63-68)65(69)61-59-57-55-53-51-49-47-45-43-41-24-22-20-18-16-14-12-10-8-6-4-2/h5,7,11,13,17,19,23,25,51,53,59,61,64-65,68-69H,3-4,6,8-10,12,14-16,18,20-22,24,26-50,52,54-58,60,62-63H2,1-2H3,(H,67,70)/b7-5-,13-11-,19-17-,25-23-,53-51+,61-59+. The summed E-state index contributed by atoms with van der Waals surface area (Å²) in [4.78, 5) is 12.5. The number of aliphatic hydroxyl groups excluding tert-OH is 2. The third kappa shape index (κ3) is 56.7. The first-order valence-electron chi connectivity index (χ1n) is 31.2. The molecule has 0 aromatic rings. The van der Waals surface area contributed by atoms with Crippen LogP contribution in [0.4, 0.5) is 0 Å². The van der Waals surface area contributed by atoms with E-state index in [9.17, 15) is 15.0 Å². The SMILES string of the molecule is CC/C=C\C/C=C\C/C=C\C/C=C\CCCCCCCCCCCCCCCCCCCCCCCCCCC(=O)NC(CO)C(O)/C=C/CC/C=C/CCCCCCCCCCCCCCCCC. The highest BCUT2D eigenvalue weighted by Gasteiger charge is 2.18. The molecule has 0 saturated carbocycles. The number of nitrogens with one attached hydrogen (secondary N) is 1. The lowest BCUT2D eigenvalue weighted by molar-refractivity contribution is -0.123. The molecule has 0 aliphatic carbocycles. The average molecular weight is 977 g/mol. The molecule has 0 saturated heterocycles. The van der Waals surface area contributed by atoms with E-state index in [0.717, 1.165) is 57.8 Å². The third-order valence-corrected chi connectivity index (χ3v) is 14.2. The molecule has 0 heterocycles. The average Bonchev–Trinajstić information content (AvgIpc) is 3.36. The Morgan fingerprint density at radius 3 is 1.00 bits per heavy atom. The first kappa shape index (κ1) is 67.8. The van der Waals surface area contributed by atoms with E-state index >= 15 is 0 Å². The van der Waals surface area contributed by atoms with Crippen LogP contribution in [-0.2, 0) is 4.79 Å². The molecule has 0 bridgehead atoms. The lowest BCUT2D eigenvalue weighted by Crippen LogP contribution is -2.45. The summed E-state index contributed by atoms with van der Waals surface area (Å²) in [6.45, 7) is 4.21. The van der Waals surface area contributed by atoms with Gasteiger partial charge >= 0.3 is 0 Å². The Balaban J connectivity index is 3.45. The molecule has 3 N–H and O–H groups in total. The number of amides is 1. The fourth-order valence-corrected chi connectivity index (χ4v) is 9.48. The van der Waals surface area contributed by atoms with Gasteiger partial charge in [-0.3, -0.25) is 4.79 Å². The molecule has 0 fully saturated rings. The summed E-state index contributed by atoms with van der Waals surface area (Å²) in [7, 11) is 0. The summed E-state index contributed by atoms with van der Waals surface area (Å²) in [5.41, 5.74) is 0. The molecule has 0 rings (SSSR count). The van der Waals surface area contributed by atoms with E-state index in [1.807, 2.05) is 6.08 Å². The van der Waals surface area contributed by atoms with Gasteiger partial charge in [-0.1, -0.05) is 318 Å². The minimum Gasteiger partial charge on any atom is -0.394 e. The molecule has 2 atom stereocenters. The topological polar surface area (TPSA) is 69.6 Å². The monoisotopic (exact) mass is 976 g/mol. The van der Waals surface area contributed by atoms with Gasteiger partial charge < -0.3 is 15.5 Å². The first-order chi connectivity index (χ1) is 34.7. The van der Waals surface area contributed by atoms with E-state index in [-0.39, 0.29) is 12.5 Å². The van der Waals surface area contributed by atoms with Gasteiger partial charge in [0.25, 0.3) is 0 Å². The number of hydrogen-bond acceptors (Lipinski definition) is 3. The number of carbonyl (C=O) groups is 1. The van der Waals surface area contributed by atoms with Crippen LogP contribution in [0.5, 0.6) is 0 Å². The number of unbranched alkanes of at least 4 members (excludes halogenated alkanes) is 40. The summed E-state index contributed by atoms with van der Waals surface area (Å²) in [6.07, 6.45) is 88.2. The Kier molecular flexibility index (Phi) is 59.2. The van der Waals surface area contributed by atoms with Crippen molar-refractivity contribution < 1.29 is 15.0 Å². The van der Waals surface area contributed by atoms with Crippen molar-refractivity contribution in [2.45, 2.75) is 334 Å². The van der Waals surface area contributed by atoms with Gasteiger partial charge in [-0.05, 0) is 70.6 Å². The zero-order valence-corrected chi connectivity index (χ0v) is 47.0. The third-order valence-electron chi connectivity index (χ3n) is 14.2. The van der Waals surface area contributed by atoms with Gasteiger partial charge in [-0.25, -0.2) is 0 Å². The molecule has 0 aliphatic heterocycles. The molecule has 0 aromatic heterocycles. The summed E-state index contributed by atoms with van der Waals surface area (Å²) in [5, 5.41) is 23.2. The van der Waals surface area contributed by atoms with E-state index in [4.69, 9.17) is 0 Å². The van der Waals surface area contributed by atoms with E-state index < -0.39 is 12.1 Å². The van der Waals surface area contributed by atoms with Gasteiger partial charge in [0.1, 0.15) is 0 Å². The van der Waals surface area contributed by atoms with Crippen molar-refractivity contribution >= 4 is 5.91 Å². The number of allylic oxidation sites excluding steroid dienone is 11. The van der Waals surface area contributed by atoms with E-state index in [1.54, 1.807) is 6.08 Å². The Morgan fingerprint density at radius 2 is 0.643 bits per heavy atom. The molecule has 0 spiro atoms. The second-order valence-electron chi connectivity index (χ2n) is 21.1. The maximum atomic E-state index is 12.5. The van der Waals surface area contributed by atoms with E-state index in [0.29, 0.717) is 6.42 Å². The van der Waals surface area contributed by atoms with Gasteiger partial charge in [0.05, 0.1) is 18.8 Å². The van der Waals surface area contributed by atoms with Crippen LogP contribution in [-0.4, -0.2) is 34.9 Å². The second kappa shape index (κ2) is 61.1. The molecule has 4 nitrogen and oxygen atoms in total. The minimum absolute atomic E-state index is 0.0690. The summed E-state index contributed by atoms with van der Waals surface area (Å²) in [6, 6.07) is -0.640. The molecule has 70 heavy (non-hydrogen) atoms. The normalized spacial score (nSPS) is 13.3. The van der Waals surface area contributed by atoms with Crippen molar-refractivity contribution in [3.63, 3.8) is 0 Å². The molecular weight excluding hydrogens is 855 g/mol. The number of hydrogen-bond donors (Lipinski definition) is 3. The largest absolute Gasteiger partial charge is 0.394 e. The van der Waals surface area contributed by atoms with Crippen LogP contribution in [0.1, 0.15) is 322 Å². The molecule has 1 amide bonds. The smallest absolute Gasteiger partial charge is 0.220 e. The van der Waals surface area contributed by atoms with Gasteiger partial charge in [0.2, 0.25) is 5.91 Å². The Bertz CT molecular complexity index is 1200. The molecule has 2 unspecified atom stereocenters. The van der Waals surface area contributed by atoms with Crippen LogP contribution in [0.3, 0.4) is 0 Å². The van der Waals surface area contributed by atoms with Crippen LogP contribution >= 0.6 is 0 Å². The molecule has 4 heteroatoms. The summed E-state index contributed by atoms with van der Waals surface area (Å²) >= 11 is 0. The van der Waals surface area contributed by atoms with Crippen LogP contribution < -0.4 is 5.32 Å². The highest BCUT2D eigenvalue weighted by atomic mass is 16.3. The van der Waals surface area contributed by atoms with Gasteiger partial charge in [-0.15, -0.1) is 0 Å². The van der Waals surface area contributed by atoms with Crippen LogP contribution in [0.25, 0.3) is 0 Å². The molecule has 0 aliphatic rings. The predicted octanol–water partition coefficient (Wildman–Crippen LogP) is 20.9. The maximum absolute atomic E-state index is 12.5. The van der Waals surface area contributed by atoms with Gasteiger partial charge in [0.15, 0.2) is 0 Å². The van der Waals surface area contributed by atoms with E-state index in [1.165, 1.54) is 244 Å². The molecule has 0 aromatic carbocycles. The maximum Gasteiger partial charge on any atom is 0.220 e. The lowest BCUT2D eigenvalue weighted by atomic mass is 10.0. The van der Waals surface area contributed by atoms with E-state index in [2.05, 4.69) is 79.9 Å². The Labute approximate surface area is 438 Å². The summed E-state index contributed by atoms with van der Waals surface area (Å²) in [5.74, 6) is -0.0690. The van der Waals surface area contributed by atoms with Crippen molar-refractivity contribution in [3.05, 3.63) is 72.9 Å². The fourth-order valence-electron chi connectivity index (χ4n) is 9.48. The molecule has 408 valence electrons. The molecular formula is C66H121NO3. The minimum atomic E-state index is -0.863. The lowest BCUT2D eigenvalue weighted by Gasteiger charge is -2.19. The fraction of sp³-hybridized carbons (Fsp3) is 0.803. The van der Waals surface area contributed by atoms with Gasteiger partial charge in [-0.2, -0.15) is 0 Å². The zero-order chi connectivity index (χ0) is 50.6. The van der Waals surface area contributed by atoms with Crippen molar-refractivity contribution in [3.8, 4) is 0 Å². The Morgan fingerprint density at radius 1 is 0.357 bits per heavy atom. The van der Waals surface area contributed by atoms with Crippen molar-refractivity contribution in [1.29, 1.82) is 0 Å². The van der Waals surface area contributed by atoms with Crippen LogP contribution in [0.15, 0.2) is 72.9 Å². The highest BCUT2D eigenvalue weighted by Crippen LogP contribution is 2.18. The second-order valence-corrected chi connectivity index (χ2v) is 21.1. The molecule has 0 radical (unpaired) electrons. The first-order valence-corrected chi connectivity index (χ1v) is 31.2. The highest BCUT2D eigenvalue weighted by molar-refractivity contribution is 5.76. The van der Waals surface area contributed by atoms with Crippen molar-refractivity contribution in [2.24, 2.45) is 0 Å². The Hall–Kier alpha value is -2.17. The predicted molar refractivity (Wildman–Crippen MR) is 313 cm³/mol. The van der Waals surface area contributed by atoms with Gasteiger partial charge in [0, 0.05) is 6.42 Å². The number of carbonyl (C=O) groups excluding carboxylic acids is 1. The summed E-state index contributed by atoms with van der Waals surface area (Å²) < 4.78 is 0. The number of rotatable bonds is 57. The zero-order valence-electron chi connectivity index (χ0n) is 47.0. The van der Waals surface area contributed by atoms with Crippen molar-refractivity contribution in [1.82, 2.24) is 5.32 Å².